The maximum atomic E-state index is 12.9. The summed E-state index contributed by atoms with van der Waals surface area (Å²) in [6, 6.07) is 5.89. The topological polar surface area (TPSA) is 63.2 Å². The zero-order valence-electron chi connectivity index (χ0n) is 13.5. The Morgan fingerprint density at radius 3 is 2.14 bits per heavy atom. The Hall–Kier alpha value is -1.43. The molecule has 1 atom stereocenters. The number of rotatable bonds is 7. The van der Waals surface area contributed by atoms with E-state index in [1.165, 1.54) is 12.1 Å². The first-order valence-corrected chi connectivity index (χ1v) is 9.08. The minimum absolute atomic E-state index is 0.135. The van der Waals surface area contributed by atoms with E-state index in [2.05, 4.69) is 5.32 Å². The molecule has 0 aliphatic rings. The number of hydrogen-bond donors (Lipinski definition) is 1. The van der Waals surface area contributed by atoms with Gasteiger partial charge in [-0.25, -0.2) is 12.8 Å². The van der Waals surface area contributed by atoms with Crippen molar-refractivity contribution in [3.63, 3.8) is 0 Å². The average molecular weight is 329 g/mol. The lowest BCUT2D eigenvalue weighted by molar-refractivity contribution is -0.119. The summed E-state index contributed by atoms with van der Waals surface area (Å²) in [6.07, 6.45) is 0.533. The van der Waals surface area contributed by atoms with Gasteiger partial charge in [0.1, 0.15) is 11.6 Å². The predicted molar refractivity (Wildman–Crippen MR) is 85.8 cm³/mol. The van der Waals surface area contributed by atoms with Crippen molar-refractivity contribution in [1.82, 2.24) is 5.32 Å². The molecular formula is C16H24FNO3S. The van der Waals surface area contributed by atoms with Crippen LogP contribution in [0.1, 0.15) is 33.3 Å². The zero-order valence-corrected chi connectivity index (χ0v) is 14.3. The number of carbonyl (C=O) groups excluding carboxylic acids is 1. The normalized spacial score (nSPS) is 13.4. The van der Waals surface area contributed by atoms with Crippen molar-refractivity contribution < 1.29 is 17.6 Å². The lowest BCUT2D eigenvalue weighted by Gasteiger charge is -2.23. The number of amides is 1. The van der Waals surface area contributed by atoms with Gasteiger partial charge in [-0.15, -0.1) is 0 Å². The van der Waals surface area contributed by atoms with Crippen LogP contribution in [0.2, 0.25) is 0 Å². The molecule has 1 amide bonds. The summed E-state index contributed by atoms with van der Waals surface area (Å²) in [5.41, 5.74) is 0.895. The first-order chi connectivity index (χ1) is 10.1. The third-order valence-electron chi connectivity index (χ3n) is 3.57. The van der Waals surface area contributed by atoms with Crippen LogP contribution < -0.4 is 5.32 Å². The molecule has 0 radical (unpaired) electrons. The molecular weight excluding hydrogens is 305 g/mol. The van der Waals surface area contributed by atoms with E-state index < -0.39 is 26.7 Å². The van der Waals surface area contributed by atoms with Crippen molar-refractivity contribution in [2.24, 2.45) is 5.92 Å². The molecule has 4 nitrogen and oxygen atoms in total. The highest BCUT2D eigenvalue weighted by Crippen LogP contribution is 2.12. The fourth-order valence-corrected chi connectivity index (χ4v) is 2.71. The second-order valence-corrected chi connectivity index (χ2v) is 8.66. The molecule has 124 valence electrons. The van der Waals surface area contributed by atoms with Gasteiger partial charge in [-0.1, -0.05) is 26.0 Å². The van der Waals surface area contributed by atoms with Crippen molar-refractivity contribution in [3.05, 3.63) is 35.6 Å². The molecule has 0 saturated heterocycles. The molecule has 0 heterocycles. The Morgan fingerprint density at radius 1 is 1.14 bits per heavy atom. The van der Waals surface area contributed by atoms with Crippen molar-refractivity contribution in [3.8, 4) is 0 Å². The Morgan fingerprint density at radius 2 is 1.68 bits per heavy atom. The lowest BCUT2D eigenvalue weighted by Crippen LogP contribution is -2.43. The summed E-state index contributed by atoms with van der Waals surface area (Å²) in [6.45, 7) is 7.01. The molecule has 22 heavy (non-hydrogen) atoms. The van der Waals surface area contributed by atoms with Crippen molar-refractivity contribution in [1.29, 1.82) is 0 Å². The number of halogens is 1. The first-order valence-electron chi connectivity index (χ1n) is 7.37. The van der Waals surface area contributed by atoms with Crippen LogP contribution in [-0.4, -0.2) is 31.4 Å². The first kappa shape index (κ1) is 18.6. The largest absolute Gasteiger partial charge is 0.352 e. The maximum absolute atomic E-state index is 12.9. The highest BCUT2D eigenvalue weighted by molar-refractivity contribution is 7.92. The van der Waals surface area contributed by atoms with Gasteiger partial charge >= 0.3 is 0 Å². The molecule has 1 aromatic rings. The molecule has 0 aliphatic heterocycles. The average Bonchev–Trinajstić information content (AvgIpc) is 2.39. The molecule has 1 N–H and O–H groups in total. The van der Waals surface area contributed by atoms with E-state index >= 15 is 0 Å². The van der Waals surface area contributed by atoms with Crippen LogP contribution in [0.3, 0.4) is 0 Å². The van der Waals surface area contributed by atoms with Crippen LogP contribution in [0, 0.1) is 11.7 Å². The molecule has 0 unspecified atom stereocenters. The fourth-order valence-electron chi connectivity index (χ4n) is 1.93. The van der Waals surface area contributed by atoms with E-state index in [9.17, 15) is 17.6 Å². The smallest absolute Gasteiger partial charge is 0.235 e. The molecule has 0 fully saturated rings. The SMILES string of the molecule is CC(C)[C@@H](Cc1ccc(F)cc1)NC(=O)CS(=O)(=O)C(C)C. The third kappa shape index (κ3) is 5.75. The number of nitrogens with one attached hydrogen (secondary N) is 1. The Labute approximate surface area is 132 Å². The fraction of sp³-hybridized carbons (Fsp3) is 0.562. The van der Waals surface area contributed by atoms with E-state index in [0.29, 0.717) is 6.42 Å². The summed E-state index contributed by atoms with van der Waals surface area (Å²) < 4.78 is 36.5. The minimum Gasteiger partial charge on any atom is -0.352 e. The summed E-state index contributed by atoms with van der Waals surface area (Å²) in [4.78, 5) is 12.0. The van der Waals surface area contributed by atoms with Gasteiger partial charge < -0.3 is 5.32 Å². The second kappa shape index (κ2) is 7.72. The highest BCUT2D eigenvalue weighted by atomic mass is 32.2. The van der Waals surface area contributed by atoms with Crippen LogP contribution in [0.25, 0.3) is 0 Å². The minimum atomic E-state index is -3.41. The Bertz CT molecular complexity index is 594. The standard InChI is InChI=1S/C16H24FNO3S/c1-11(2)15(9-13-5-7-14(17)8-6-13)18-16(19)10-22(20,21)12(3)4/h5-8,11-12,15H,9-10H2,1-4H3,(H,18,19)/t15-/m1/s1. The molecule has 6 heteroatoms. The van der Waals surface area contributed by atoms with Gasteiger partial charge in [-0.3, -0.25) is 4.79 Å². The number of hydrogen-bond acceptors (Lipinski definition) is 3. The van der Waals surface area contributed by atoms with Crippen LogP contribution in [-0.2, 0) is 21.1 Å². The summed E-state index contributed by atoms with van der Waals surface area (Å²) in [5.74, 6) is -1.17. The molecule has 0 aliphatic carbocycles. The molecule has 0 spiro atoms. The van der Waals surface area contributed by atoms with E-state index in [1.54, 1.807) is 26.0 Å². The lowest BCUT2D eigenvalue weighted by atomic mass is 9.96. The number of sulfone groups is 1. The van der Waals surface area contributed by atoms with E-state index in [-0.39, 0.29) is 17.8 Å². The predicted octanol–water partition coefficient (Wildman–Crippen LogP) is 2.33. The summed E-state index contributed by atoms with van der Waals surface area (Å²) >= 11 is 0. The molecule has 1 rings (SSSR count). The molecule has 1 aromatic carbocycles. The van der Waals surface area contributed by atoms with E-state index in [0.717, 1.165) is 5.56 Å². The summed E-state index contributed by atoms with van der Waals surface area (Å²) in [7, 11) is -3.41. The van der Waals surface area contributed by atoms with E-state index in [1.807, 2.05) is 13.8 Å². The van der Waals surface area contributed by atoms with Crippen LogP contribution in [0.5, 0.6) is 0 Å². The molecule has 0 bridgehead atoms. The zero-order chi connectivity index (χ0) is 16.9. The van der Waals surface area contributed by atoms with Crippen molar-refractivity contribution in [2.45, 2.75) is 45.4 Å². The van der Waals surface area contributed by atoms with Gasteiger partial charge in [0.25, 0.3) is 0 Å². The maximum Gasteiger partial charge on any atom is 0.235 e. The number of carbonyl (C=O) groups is 1. The quantitative estimate of drug-likeness (QED) is 0.835. The number of benzene rings is 1. The van der Waals surface area contributed by atoms with Gasteiger partial charge in [0.2, 0.25) is 5.91 Å². The van der Waals surface area contributed by atoms with Crippen molar-refractivity contribution >= 4 is 15.7 Å². The van der Waals surface area contributed by atoms with Gasteiger partial charge in [0.15, 0.2) is 9.84 Å². The van der Waals surface area contributed by atoms with Gasteiger partial charge in [-0.2, -0.15) is 0 Å². The monoisotopic (exact) mass is 329 g/mol. The highest BCUT2D eigenvalue weighted by Gasteiger charge is 2.23. The second-order valence-electron chi connectivity index (χ2n) is 6.10. The third-order valence-corrected chi connectivity index (χ3v) is 5.67. The Kier molecular flexibility index (Phi) is 6.53. The van der Waals surface area contributed by atoms with E-state index in [4.69, 9.17) is 0 Å². The van der Waals surface area contributed by atoms with Gasteiger partial charge in [0.05, 0.1) is 5.25 Å². The van der Waals surface area contributed by atoms with Gasteiger partial charge in [-0.05, 0) is 43.9 Å². The van der Waals surface area contributed by atoms with Crippen LogP contribution in [0.4, 0.5) is 4.39 Å². The van der Waals surface area contributed by atoms with Crippen LogP contribution in [0.15, 0.2) is 24.3 Å². The Balaban J connectivity index is 2.72. The summed E-state index contributed by atoms with van der Waals surface area (Å²) in [5, 5.41) is 2.20. The molecule has 0 saturated carbocycles. The van der Waals surface area contributed by atoms with Crippen molar-refractivity contribution in [2.75, 3.05) is 5.75 Å². The molecule has 0 aromatic heterocycles. The van der Waals surface area contributed by atoms with Gasteiger partial charge in [0, 0.05) is 6.04 Å². The van der Waals surface area contributed by atoms with Crippen LogP contribution >= 0.6 is 0 Å².